The van der Waals surface area contributed by atoms with Crippen LogP contribution in [0.5, 0.6) is 5.75 Å². The largest absolute Gasteiger partial charge is 0.496 e. The molecule has 0 saturated carbocycles. The number of hydrogen-bond donors (Lipinski definition) is 2. The summed E-state index contributed by atoms with van der Waals surface area (Å²) in [7, 11) is 1.60. The van der Waals surface area contributed by atoms with E-state index in [0.717, 1.165) is 22.3 Å². The van der Waals surface area contributed by atoms with Crippen LogP contribution in [0, 0.1) is 6.92 Å². The summed E-state index contributed by atoms with van der Waals surface area (Å²) in [6.45, 7) is 5.20. The molecule has 3 rings (SSSR count). The fourth-order valence-corrected chi connectivity index (χ4v) is 3.49. The quantitative estimate of drug-likeness (QED) is 0.579. The number of carboxylic acid groups (broad SMARTS) is 1. The van der Waals surface area contributed by atoms with Crippen LogP contribution in [0.2, 0.25) is 0 Å². The number of benzene rings is 2. The Labute approximate surface area is 175 Å². The Kier molecular flexibility index (Phi) is 6.22. The maximum atomic E-state index is 11.5. The van der Waals surface area contributed by atoms with Crippen molar-refractivity contribution in [2.45, 2.75) is 45.1 Å². The standard InChI is InChI=1S/C23H26N2O5/c1-14-24-25-22(30-14)19(12-21(26)27)17-7-5-6-16(11-17)18-10-15(13-23(2,3)28)8-9-20(18)29-4/h5-11,19,28H,12-13H2,1-4H3,(H,26,27). The minimum Gasteiger partial charge on any atom is -0.496 e. The molecule has 0 amide bonds. The molecule has 0 radical (unpaired) electrons. The van der Waals surface area contributed by atoms with E-state index in [2.05, 4.69) is 10.2 Å². The average molecular weight is 410 g/mol. The number of methoxy groups -OCH3 is 1. The molecule has 3 aromatic rings. The molecule has 0 bridgehead atoms. The van der Waals surface area contributed by atoms with Gasteiger partial charge in [-0.2, -0.15) is 0 Å². The van der Waals surface area contributed by atoms with Gasteiger partial charge in [0.2, 0.25) is 11.8 Å². The van der Waals surface area contributed by atoms with Crippen LogP contribution in [0.1, 0.15) is 49.1 Å². The number of aliphatic hydroxyl groups is 1. The number of rotatable bonds is 8. The second-order valence-corrected chi connectivity index (χ2v) is 7.96. The molecule has 0 fully saturated rings. The summed E-state index contributed by atoms with van der Waals surface area (Å²) in [4.78, 5) is 11.5. The molecular formula is C23H26N2O5. The van der Waals surface area contributed by atoms with Crippen LogP contribution in [-0.4, -0.2) is 39.1 Å². The van der Waals surface area contributed by atoms with Gasteiger partial charge >= 0.3 is 5.97 Å². The van der Waals surface area contributed by atoms with Crippen molar-refractivity contribution in [3.63, 3.8) is 0 Å². The van der Waals surface area contributed by atoms with Crippen LogP contribution in [0.3, 0.4) is 0 Å². The minimum absolute atomic E-state index is 0.166. The molecule has 1 unspecified atom stereocenters. The number of nitrogens with zero attached hydrogens (tertiary/aromatic N) is 2. The maximum Gasteiger partial charge on any atom is 0.304 e. The molecular weight excluding hydrogens is 384 g/mol. The highest BCUT2D eigenvalue weighted by Gasteiger charge is 2.24. The predicted octanol–water partition coefficient (Wildman–Crippen LogP) is 3.97. The predicted molar refractivity (Wildman–Crippen MR) is 112 cm³/mol. The van der Waals surface area contributed by atoms with Crippen LogP contribution in [0.15, 0.2) is 46.9 Å². The van der Waals surface area contributed by atoms with E-state index in [-0.39, 0.29) is 12.3 Å². The third-order valence-corrected chi connectivity index (χ3v) is 4.72. The number of ether oxygens (including phenoxy) is 1. The van der Waals surface area contributed by atoms with Crippen molar-refractivity contribution in [2.75, 3.05) is 7.11 Å². The van der Waals surface area contributed by atoms with E-state index in [0.29, 0.717) is 18.1 Å². The second-order valence-electron chi connectivity index (χ2n) is 7.96. The van der Waals surface area contributed by atoms with E-state index < -0.39 is 17.5 Å². The van der Waals surface area contributed by atoms with Gasteiger partial charge in [-0.05, 0) is 42.7 Å². The maximum absolute atomic E-state index is 11.5. The van der Waals surface area contributed by atoms with Gasteiger partial charge in [-0.1, -0.05) is 30.3 Å². The molecule has 7 nitrogen and oxygen atoms in total. The fourth-order valence-electron chi connectivity index (χ4n) is 3.49. The van der Waals surface area contributed by atoms with Gasteiger partial charge in [0.05, 0.1) is 25.0 Å². The highest BCUT2D eigenvalue weighted by atomic mass is 16.5. The van der Waals surface area contributed by atoms with Gasteiger partial charge in [0.1, 0.15) is 5.75 Å². The van der Waals surface area contributed by atoms with Crippen molar-refractivity contribution in [3.8, 4) is 16.9 Å². The van der Waals surface area contributed by atoms with Crippen LogP contribution in [0.25, 0.3) is 11.1 Å². The van der Waals surface area contributed by atoms with Crippen LogP contribution in [0.4, 0.5) is 0 Å². The Morgan fingerprint density at radius 2 is 1.97 bits per heavy atom. The van der Waals surface area contributed by atoms with Crippen molar-refractivity contribution >= 4 is 5.97 Å². The van der Waals surface area contributed by atoms with Crippen LogP contribution < -0.4 is 4.74 Å². The second kappa shape index (κ2) is 8.67. The first-order chi connectivity index (χ1) is 14.2. The molecule has 1 atom stereocenters. The monoisotopic (exact) mass is 410 g/mol. The zero-order chi connectivity index (χ0) is 21.9. The molecule has 0 saturated heterocycles. The summed E-state index contributed by atoms with van der Waals surface area (Å²) in [5.74, 6) is -0.164. The average Bonchev–Trinajstić information content (AvgIpc) is 3.11. The molecule has 1 aromatic heterocycles. The zero-order valence-electron chi connectivity index (χ0n) is 17.5. The number of aliphatic carboxylic acids is 1. The molecule has 2 aromatic carbocycles. The van der Waals surface area contributed by atoms with Gasteiger partial charge in [0.15, 0.2) is 0 Å². The number of carboxylic acids is 1. The lowest BCUT2D eigenvalue weighted by Gasteiger charge is -2.19. The highest BCUT2D eigenvalue weighted by Crippen LogP contribution is 2.35. The summed E-state index contributed by atoms with van der Waals surface area (Å²) < 4.78 is 11.1. The first-order valence-corrected chi connectivity index (χ1v) is 9.67. The summed E-state index contributed by atoms with van der Waals surface area (Å²) in [6, 6.07) is 13.4. The first-order valence-electron chi connectivity index (χ1n) is 9.67. The highest BCUT2D eigenvalue weighted by molar-refractivity contribution is 5.73. The van der Waals surface area contributed by atoms with Gasteiger partial charge in [0, 0.05) is 18.9 Å². The van der Waals surface area contributed by atoms with Crippen molar-refractivity contribution in [2.24, 2.45) is 0 Å². The third kappa shape index (κ3) is 5.24. The van der Waals surface area contributed by atoms with Crippen molar-refractivity contribution in [1.82, 2.24) is 10.2 Å². The number of aryl methyl sites for hydroxylation is 1. The Morgan fingerprint density at radius 1 is 1.20 bits per heavy atom. The topological polar surface area (TPSA) is 106 Å². The van der Waals surface area contributed by atoms with Crippen molar-refractivity contribution in [1.29, 1.82) is 0 Å². The molecule has 7 heteroatoms. The molecule has 30 heavy (non-hydrogen) atoms. The van der Waals surface area contributed by atoms with Gasteiger partial charge in [-0.3, -0.25) is 4.79 Å². The van der Waals surface area contributed by atoms with E-state index >= 15 is 0 Å². The summed E-state index contributed by atoms with van der Waals surface area (Å²) in [6.07, 6.45) is 0.327. The molecule has 0 spiro atoms. The van der Waals surface area contributed by atoms with Gasteiger partial charge in [-0.25, -0.2) is 0 Å². The molecule has 0 aliphatic heterocycles. The van der Waals surface area contributed by atoms with Gasteiger partial charge < -0.3 is 19.4 Å². The number of aromatic nitrogens is 2. The van der Waals surface area contributed by atoms with E-state index in [1.54, 1.807) is 27.9 Å². The van der Waals surface area contributed by atoms with Crippen molar-refractivity contribution < 1.29 is 24.2 Å². The first kappa shape index (κ1) is 21.5. The smallest absolute Gasteiger partial charge is 0.304 e. The van der Waals surface area contributed by atoms with Gasteiger partial charge in [0.25, 0.3) is 0 Å². The summed E-state index contributed by atoms with van der Waals surface area (Å²) in [5, 5.41) is 27.4. The Bertz CT molecular complexity index is 1040. The normalized spacial score (nSPS) is 12.6. The Morgan fingerprint density at radius 3 is 2.57 bits per heavy atom. The molecule has 158 valence electrons. The van der Waals surface area contributed by atoms with Gasteiger partial charge in [-0.15, -0.1) is 10.2 Å². The minimum atomic E-state index is -0.953. The lowest BCUT2D eigenvalue weighted by atomic mass is 9.91. The number of hydrogen-bond acceptors (Lipinski definition) is 6. The molecule has 2 N–H and O–H groups in total. The number of carbonyl (C=O) groups is 1. The van der Waals surface area contributed by atoms with E-state index in [1.165, 1.54) is 0 Å². The molecule has 0 aliphatic rings. The SMILES string of the molecule is COc1ccc(CC(C)(C)O)cc1-c1cccc(C(CC(=O)O)c2nnc(C)o2)c1. The lowest BCUT2D eigenvalue weighted by molar-refractivity contribution is -0.137. The molecule has 1 heterocycles. The van der Waals surface area contributed by atoms with E-state index in [4.69, 9.17) is 9.15 Å². The van der Waals surface area contributed by atoms with Crippen molar-refractivity contribution in [3.05, 3.63) is 65.4 Å². The summed E-state index contributed by atoms with van der Waals surface area (Å²) >= 11 is 0. The van der Waals surface area contributed by atoms with E-state index in [1.807, 2.05) is 42.5 Å². The van der Waals surface area contributed by atoms with Crippen LogP contribution in [-0.2, 0) is 11.2 Å². The Hall–Kier alpha value is -3.19. The Balaban J connectivity index is 2.05. The molecule has 0 aliphatic carbocycles. The van der Waals surface area contributed by atoms with E-state index in [9.17, 15) is 15.0 Å². The van der Waals surface area contributed by atoms with Crippen LogP contribution >= 0.6 is 0 Å². The summed E-state index contributed by atoms with van der Waals surface area (Å²) in [5.41, 5.74) is 2.62. The third-order valence-electron chi connectivity index (χ3n) is 4.72. The lowest BCUT2D eigenvalue weighted by Crippen LogP contribution is -2.21. The zero-order valence-corrected chi connectivity index (χ0v) is 17.5. The fraction of sp³-hybridized carbons (Fsp3) is 0.348.